The summed E-state index contributed by atoms with van der Waals surface area (Å²) in [5.41, 5.74) is -0.148. The Morgan fingerprint density at radius 3 is 1.69 bits per heavy atom. The molecule has 0 aromatic heterocycles. The van der Waals surface area contributed by atoms with Crippen LogP contribution < -0.4 is 0 Å². The van der Waals surface area contributed by atoms with Gasteiger partial charge in [0.15, 0.2) is 11.6 Å². The molecule has 16 heavy (non-hydrogen) atoms. The van der Waals surface area contributed by atoms with Crippen LogP contribution in [0.15, 0.2) is 11.4 Å². The fourth-order valence-corrected chi connectivity index (χ4v) is 2.68. The van der Waals surface area contributed by atoms with Gasteiger partial charge in [0, 0.05) is 5.82 Å². The lowest BCUT2D eigenvalue weighted by Crippen LogP contribution is -2.07. The zero-order valence-corrected chi connectivity index (χ0v) is 10.9. The van der Waals surface area contributed by atoms with Crippen LogP contribution in [0.5, 0.6) is 0 Å². The molecule has 0 aliphatic carbocycles. The van der Waals surface area contributed by atoms with Crippen LogP contribution in [0.2, 0.25) is 0 Å². The first-order chi connectivity index (χ1) is 7.36. The van der Waals surface area contributed by atoms with Crippen LogP contribution in [-0.2, 0) is 23.2 Å². The zero-order valence-electron chi connectivity index (χ0n) is 9.98. The maximum absolute atomic E-state index is 12.0. The summed E-state index contributed by atoms with van der Waals surface area (Å²) in [5, 5.41) is 0. The lowest BCUT2D eigenvalue weighted by molar-refractivity contribution is -0.119. The van der Waals surface area contributed by atoms with Crippen molar-refractivity contribution < 1.29 is 23.2 Å². The van der Waals surface area contributed by atoms with Crippen LogP contribution in [0.1, 0.15) is 27.7 Å². The van der Waals surface area contributed by atoms with Gasteiger partial charge in [-0.15, -0.1) is 0 Å². The largest absolute Gasteiger partial charge is 0.355 e. The number of ketones is 2. The monoisotopic (exact) mass is 248 g/mol. The van der Waals surface area contributed by atoms with Gasteiger partial charge in [0.1, 0.15) is 0 Å². The predicted molar refractivity (Wildman–Crippen MR) is 60.3 cm³/mol. The second-order valence-corrected chi connectivity index (χ2v) is 4.88. The predicted octanol–water partition coefficient (Wildman–Crippen LogP) is 2.31. The molecule has 0 saturated carbocycles. The molecule has 0 aliphatic rings. The van der Waals surface area contributed by atoms with E-state index in [2.05, 4.69) is 0 Å². The van der Waals surface area contributed by atoms with Gasteiger partial charge in [-0.25, -0.2) is 0 Å². The molecule has 0 fully saturated rings. The van der Waals surface area contributed by atoms with Crippen molar-refractivity contribution in [3.8, 4) is 0 Å². The van der Waals surface area contributed by atoms with Crippen molar-refractivity contribution in [1.82, 2.24) is 0 Å². The third kappa shape index (κ3) is 4.84. The molecule has 0 rings (SSSR count). The van der Waals surface area contributed by atoms with Gasteiger partial charge in [0.25, 0.3) is 0 Å². The second kappa shape index (κ2) is 6.74. The van der Waals surface area contributed by atoms with Gasteiger partial charge >= 0.3 is 7.60 Å². The molecule has 0 aromatic rings. The second-order valence-electron chi connectivity index (χ2n) is 3.03. The third-order valence-electron chi connectivity index (χ3n) is 1.66. The minimum absolute atomic E-state index is 0.148. The van der Waals surface area contributed by atoms with Crippen molar-refractivity contribution in [3.05, 3.63) is 11.4 Å². The molecule has 6 heteroatoms. The number of carbonyl (C=O) groups is 2. The van der Waals surface area contributed by atoms with Crippen molar-refractivity contribution in [2.75, 3.05) is 13.2 Å². The molecule has 92 valence electrons. The normalized spacial score (nSPS) is 11.0. The molecular formula is C10H17O5P. The summed E-state index contributed by atoms with van der Waals surface area (Å²) in [6.45, 7) is 6.13. The van der Waals surface area contributed by atoms with E-state index in [1.807, 2.05) is 0 Å². The van der Waals surface area contributed by atoms with E-state index < -0.39 is 19.2 Å². The Labute approximate surface area is 95.3 Å². The highest BCUT2D eigenvalue weighted by atomic mass is 31.2. The highest BCUT2D eigenvalue weighted by molar-refractivity contribution is 7.57. The van der Waals surface area contributed by atoms with E-state index in [1.54, 1.807) is 13.8 Å². The Morgan fingerprint density at radius 2 is 1.44 bits per heavy atom. The molecule has 0 aliphatic heterocycles. The Kier molecular flexibility index (Phi) is 6.41. The van der Waals surface area contributed by atoms with Gasteiger partial charge in [-0.2, -0.15) is 0 Å². The molecule has 0 radical (unpaired) electrons. The van der Waals surface area contributed by atoms with Crippen LogP contribution in [-0.4, -0.2) is 24.8 Å². The van der Waals surface area contributed by atoms with E-state index in [-0.39, 0.29) is 18.8 Å². The Balaban J connectivity index is 5.22. The van der Waals surface area contributed by atoms with E-state index in [0.717, 1.165) is 5.82 Å². The van der Waals surface area contributed by atoms with E-state index in [4.69, 9.17) is 9.05 Å². The summed E-state index contributed by atoms with van der Waals surface area (Å²) >= 11 is 0. The molecule has 0 spiro atoms. The Bertz CT molecular complexity index is 319. The maximum atomic E-state index is 12.0. The zero-order chi connectivity index (χ0) is 12.8. The Morgan fingerprint density at radius 1 is 1.06 bits per heavy atom. The number of carbonyl (C=O) groups excluding carboxylic acids is 2. The molecule has 5 nitrogen and oxygen atoms in total. The van der Waals surface area contributed by atoms with Gasteiger partial charge in [-0.3, -0.25) is 14.2 Å². The summed E-state index contributed by atoms with van der Waals surface area (Å²) in [6, 6.07) is 0. The smallest absolute Gasteiger partial charge is 0.306 e. The van der Waals surface area contributed by atoms with Gasteiger partial charge in [0.05, 0.1) is 18.8 Å². The standard InChI is InChI=1S/C10H17O5P/c1-5-14-16(13,15-6-2)7-10(8(3)11)9(4)12/h7H,5-6H2,1-4H3. The quantitative estimate of drug-likeness (QED) is 0.299. The SMILES string of the molecule is CCOP(=O)(C=C(C(C)=O)C(C)=O)OCC. The number of allylic oxidation sites excluding steroid dienone is 1. The van der Waals surface area contributed by atoms with Crippen LogP contribution in [0.4, 0.5) is 0 Å². The number of rotatable bonds is 7. The Hall–Kier alpha value is -0.770. The molecule has 0 N–H and O–H groups in total. The molecule has 0 unspecified atom stereocenters. The molecule has 0 heterocycles. The van der Waals surface area contributed by atoms with Crippen LogP contribution in [0, 0.1) is 0 Å². The molecule has 0 bridgehead atoms. The van der Waals surface area contributed by atoms with Gasteiger partial charge in [0.2, 0.25) is 0 Å². The molecule has 0 aromatic carbocycles. The van der Waals surface area contributed by atoms with Crippen molar-refractivity contribution in [2.24, 2.45) is 0 Å². The minimum Gasteiger partial charge on any atom is -0.306 e. The highest BCUT2D eigenvalue weighted by Crippen LogP contribution is 2.50. The third-order valence-corrected chi connectivity index (χ3v) is 3.47. The van der Waals surface area contributed by atoms with E-state index in [1.165, 1.54) is 13.8 Å². The fraction of sp³-hybridized carbons (Fsp3) is 0.600. The highest BCUT2D eigenvalue weighted by Gasteiger charge is 2.24. The summed E-state index contributed by atoms with van der Waals surface area (Å²) in [7, 11) is -3.49. The summed E-state index contributed by atoms with van der Waals surface area (Å²) in [5.74, 6) is 0.101. The first-order valence-corrected chi connectivity index (χ1v) is 6.61. The average Bonchev–Trinajstić information content (AvgIpc) is 2.14. The average molecular weight is 248 g/mol. The fourth-order valence-electron chi connectivity index (χ4n) is 1.06. The van der Waals surface area contributed by atoms with Gasteiger partial charge in [-0.1, -0.05) is 0 Å². The van der Waals surface area contributed by atoms with E-state index in [9.17, 15) is 14.2 Å². The lowest BCUT2D eigenvalue weighted by atomic mass is 10.1. The number of hydrogen-bond acceptors (Lipinski definition) is 5. The topological polar surface area (TPSA) is 69.7 Å². The van der Waals surface area contributed by atoms with Crippen LogP contribution in [0.25, 0.3) is 0 Å². The molecule has 0 amide bonds. The van der Waals surface area contributed by atoms with Crippen molar-refractivity contribution in [3.63, 3.8) is 0 Å². The van der Waals surface area contributed by atoms with Crippen molar-refractivity contribution in [2.45, 2.75) is 27.7 Å². The van der Waals surface area contributed by atoms with Crippen molar-refractivity contribution in [1.29, 1.82) is 0 Å². The number of Topliss-reactive ketones (excluding diaryl/α,β-unsaturated/α-hetero) is 2. The molecule has 0 saturated heterocycles. The van der Waals surface area contributed by atoms with E-state index in [0.29, 0.717) is 0 Å². The van der Waals surface area contributed by atoms with Gasteiger partial charge < -0.3 is 9.05 Å². The van der Waals surface area contributed by atoms with E-state index >= 15 is 0 Å². The lowest BCUT2D eigenvalue weighted by Gasteiger charge is -2.13. The first-order valence-electron chi connectivity index (χ1n) is 4.99. The van der Waals surface area contributed by atoms with Crippen molar-refractivity contribution >= 4 is 19.2 Å². The van der Waals surface area contributed by atoms with Crippen LogP contribution >= 0.6 is 7.60 Å². The molecule has 0 atom stereocenters. The van der Waals surface area contributed by atoms with Crippen LogP contribution in [0.3, 0.4) is 0 Å². The summed E-state index contributed by atoms with van der Waals surface area (Å²) in [4.78, 5) is 22.3. The minimum atomic E-state index is -3.49. The van der Waals surface area contributed by atoms with Gasteiger partial charge in [-0.05, 0) is 27.7 Å². The summed E-state index contributed by atoms with van der Waals surface area (Å²) in [6.07, 6.45) is 0. The first kappa shape index (κ1) is 15.2. The summed E-state index contributed by atoms with van der Waals surface area (Å²) < 4.78 is 21.9. The maximum Gasteiger partial charge on any atom is 0.355 e. The number of hydrogen-bond donors (Lipinski definition) is 0. The molecular weight excluding hydrogens is 231 g/mol.